The van der Waals surface area contributed by atoms with E-state index in [1.54, 1.807) is 0 Å². The van der Waals surface area contributed by atoms with Crippen LogP contribution in [0, 0.1) is 17.2 Å². The van der Waals surface area contributed by atoms with Gasteiger partial charge in [-0.3, -0.25) is 0 Å². The number of halogens is 1. The van der Waals surface area contributed by atoms with Crippen molar-refractivity contribution in [1.29, 1.82) is 5.26 Å². The minimum atomic E-state index is -0.220. The molecule has 0 spiro atoms. The molecule has 4 nitrogen and oxygen atoms in total. The fourth-order valence-corrected chi connectivity index (χ4v) is 2.86. The lowest BCUT2D eigenvalue weighted by Gasteiger charge is -2.30. The number of aromatic nitrogens is 1. The van der Waals surface area contributed by atoms with Crippen molar-refractivity contribution in [1.82, 2.24) is 4.98 Å². The third-order valence-corrected chi connectivity index (χ3v) is 3.67. The summed E-state index contributed by atoms with van der Waals surface area (Å²) >= 11 is 7.09. The zero-order valence-electron chi connectivity index (χ0n) is 10.2. The van der Waals surface area contributed by atoms with E-state index in [1.807, 2.05) is 13.0 Å². The van der Waals surface area contributed by atoms with Gasteiger partial charge in [0.05, 0.1) is 0 Å². The van der Waals surface area contributed by atoms with E-state index in [-0.39, 0.29) is 10.7 Å². The second-order valence-electron chi connectivity index (χ2n) is 4.74. The monoisotopic (exact) mass is 272 g/mol. The molecule has 0 saturated carbocycles. The summed E-state index contributed by atoms with van der Waals surface area (Å²) in [5.41, 5.74) is 5.58. The average Bonchev–Trinajstić information content (AvgIpc) is 2.57. The maximum Gasteiger partial charge on any atom is 0.185 e. The van der Waals surface area contributed by atoms with Crippen molar-refractivity contribution in [3.63, 3.8) is 0 Å². The van der Waals surface area contributed by atoms with E-state index < -0.39 is 0 Å². The molecule has 1 aromatic rings. The Morgan fingerprint density at radius 2 is 2.29 bits per heavy atom. The molecular weight excluding hydrogens is 256 g/mol. The Labute approximate surface area is 111 Å². The maximum atomic E-state index is 8.82. The van der Waals surface area contributed by atoms with Gasteiger partial charge in [0.15, 0.2) is 10.3 Å². The van der Waals surface area contributed by atoms with Gasteiger partial charge in [0.1, 0.15) is 10.9 Å². The van der Waals surface area contributed by atoms with Gasteiger partial charge in [-0.2, -0.15) is 5.26 Å². The molecule has 0 fully saturated rings. The number of nitriles is 1. The van der Waals surface area contributed by atoms with Crippen LogP contribution in [0.15, 0.2) is 0 Å². The van der Waals surface area contributed by atoms with E-state index >= 15 is 0 Å². The van der Waals surface area contributed by atoms with Gasteiger partial charge in [-0.25, -0.2) is 4.98 Å². The molecule has 6 heteroatoms. The summed E-state index contributed by atoms with van der Waals surface area (Å²) < 4.78 is 0. The minimum absolute atomic E-state index is 0.220. The number of hydrogen-bond donors (Lipinski definition) is 2. The molecule has 1 rings (SSSR count). The van der Waals surface area contributed by atoms with Crippen LogP contribution in [-0.2, 0) is 0 Å². The van der Waals surface area contributed by atoms with Gasteiger partial charge < -0.3 is 11.1 Å². The van der Waals surface area contributed by atoms with Crippen molar-refractivity contribution in [2.45, 2.75) is 32.7 Å². The third kappa shape index (κ3) is 3.84. The van der Waals surface area contributed by atoms with Crippen LogP contribution in [-0.4, -0.2) is 17.1 Å². The number of rotatable bonds is 5. The summed E-state index contributed by atoms with van der Waals surface area (Å²) in [6, 6.07) is 2.01. The second kappa shape index (κ2) is 5.67. The quantitative estimate of drug-likeness (QED) is 0.864. The minimum Gasteiger partial charge on any atom is -0.355 e. The Morgan fingerprint density at radius 3 is 2.71 bits per heavy atom. The van der Waals surface area contributed by atoms with Crippen molar-refractivity contribution in [3.8, 4) is 6.07 Å². The molecule has 0 saturated heterocycles. The fraction of sp³-hybridized carbons (Fsp3) is 0.636. The highest BCUT2D eigenvalue weighted by molar-refractivity contribution is 7.16. The van der Waals surface area contributed by atoms with Gasteiger partial charge in [0.2, 0.25) is 0 Å². The topological polar surface area (TPSA) is 74.7 Å². The molecular formula is C11H17ClN4S. The number of nitrogens with zero attached hydrogens (tertiary/aromatic N) is 2. The average molecular weight is 273 g/mol. The molecule has 0 bridgehead atoms. The molecule has 0 amide bonds. The SMILES string of the molecule is CC(C)CC(C)(CN)Nc1nc(Cl)c(C#N)s1. The first kappa shape index (κ1) is 14.2. The lowest BCUT2D eigenvalue weighted by atomic mass is 9.91. The molecule has 1 aromatic heterocycles. The number of hydrogen-bond acceptors (Lipinski definition) is 5. The van der Waals surface area contributed by atoms with Gasteiger partial charge in [0.25, 0.3) is 0 Å². The predicted octanol–water partition coefficient (Wildman–Crippen LogP) is 2.84. The number of thiazole rings is 1. The highest BCUT2D eigenvalue weighted by Crippen LogP contribution is 2.29. The summed E-state index contributed by atoms with van der Waals surface area (Å²) in [6.45, 7) is 6.84. The smallest absolute Gasteiger partial charge is 0.185 e. The molecule has 0 aliphatic heterocycles. The van der Waals surface area contributed by atoms with Gasteiger partial charge in [0, 0.05) is 12.1 Å². The number of nitrogens with one attached hydrogen (secondary N) is 1. The number of anilines is 1. The molecule has 0 radical (unpaired) electrons. The highest BCUT2D eigenvalue weighted by atomic mass is 35.5. The van der Waals surface area contributed by atoms with Crippen LogP contribution in [0.2, 0.25) is 5.15 Å². The van der Waals surface area contributed by atoms with E-state index in [9.17, 15) is 0 Å². The first-order chi connectivity index (χ1) is 7.90. The second-order valence-corrected chi connectivity index (χ2v) is 6.10. The predicted molar refractivity (Wildman–Crippen MR) is 72.4 cm³/mol. The zero-order valence-corrected chi connectivity index (χ0v) is 11.8. The highest BCUT2D eigenvalue weighted by Gasteiger charge is 2.25. The summed E-state index contributed by atoms with van der Waals surface area (Å²) in [7, 11) is 0. The first-order valence-electron chi connectivity index (χ1n) is 5.45. The van der Waals surface area contributed by atoms with Crippen LogP contribution in [0.4, 0.5) is 5.13 Å². The Morgan fingerprint density at radius 1 is 1.65 bits per heavy atom. The van der Waals surface area contributed by atoms with Crippen LogP contribution in [0.25, 0.3) is 0 Å². The molecule has 17 heavy (non-hydrogen) atoms. The van der Waals surface area contributed by atoms with E-state index in [0.29, 0.717) is 22.5 Å². The fourth-order valence-electron chi connectivity index (χ4n) is 1.77. The maximum absolute atomic E-state index is 8.82. The van der Waals surface area contributed by atoms with Crippen LogP contribution < -0.4 is 11.1 Å². The Kier molecular flexibility index (Phi) is 4.75. The molecule has 0 aliphatic rings. The Hall–Kier alpha value is -0.830. The van der Waals surface area contributed by atoms with Crippen LogP contribution in [0.1, 0.15) is 32.1 Å². The van der Waals surface area contributed by atoms with Crippen molar-refractivity contribution in [2.75, 3.05) is 11.9 Å². The molecule has 94 valence electrons. The van der Waals surface area contributed by atoms with E-state index in [4.69, 9.17) is 22.6 Å². The Bertz CT molecular complexity index is 424. The van der Waals surface area contributed by atoms with Gasteiger partial charge in [-0.05, 0) is 19.3 Å². The largest absolute Gasteiger partial charge is 0.355 e. The van der Waals surface area contributed by atoms with E-state index in [1.165, 1.54) is 11.3 Å². The third-order valence-electron chi connectivity index (χ3n) is 2.41. The van der Waals surface area contributed by atoms with Crippen LogP contribution in [0.3, 0.4) is 0 Å². The van der Waals surface area contributed by atoms with Crippen LogP contribution >= 0.6 is 22.9 Å². The van der Waals surface area contributed by atoms with E-state index in [0.717, 1.165) is 6.42 Å². The standard InChI is InChI=1S/C11H17ClN4S/c1-7(2)4-11(3,6-14)16-10-15-9(12)8(5-13)17-10/h7H,4,6,14H2,1-3H3,(H,15,16). The van der Waals surface area contributed by atoms with E-state index in [2.05, 4.69) is 24.1 Å². The molecule has 1 heterocycles. The lowest BCUT2D eigenvalue weighted by Crippen LogP contribution is -2.43. The molecule has 0 aliphatic carbocycles. The van der Waals surface area contributed by atoms with Crippen molar-refractivity contribution in [2.24, 2.45) is 11.7 Å². The van der Waals surface area contributed by atoms with Gasteiger partial charge in [-0.15, -0.1) is 0 Å². The summed E-state index contributed by atoms with van der Waals surface area (Å²) in [6.07, 6.45) is 0.933. The molecule has 1 unspecified atom stereocenters. The van der Waals surface area contributed by atoms with Gasteiger partial charge >= 0.3 is 0 Å². The molecule has 0 aromatic carbocycles. The van der Waals surface area contributed by atoms with Crippen molar-refractivity contribution in [3.05, 3.63) is 10.0 Å². The summed E-state index contributed by atoms with van der Waals surface area (Å²) in [4.78, 5) is 4.55. The Balaban J connectivity index is 2.84. The van der Waals surface area contributed by atoms with Crippen molar-refractivity contribution >= 4 is 28.1 Å². The first-order valence-corrected chi connectivity index (χ1v) is 6.64. The zero-order chi connectivity index (χ0) is 13.1. The van der Waals surface area contributed by atoms with Crippen LogP contribution in [0.5, 0.6) is 0 Å². The number of nitrogens with two attached hydrogens (primary N) is 1. The summed E-state index contributed by atoms with van der Waals surface area (Å²) in [5.74, 6) is 0.530. The van der Waals surface area contributed by atoms with Gasteiger partial charge in [-0.1, -0.05) is 36.8 Å². The van der Waals surface area contributed by atoms with Crippen molar-refractivity contribution < 1.29 is 0 Å². The lowest BCUT2D eigenvalue weighted by molar-refractivity contribution is 0.407. The summed E-state index contributed by atoms with van der Waals surface area (Å²) in [5, 5.41) is 13.0. The molecule has 3 N–H and O–H groups in total. The molecule has 1 atom stereocenters. The normalized spacial score (nSPS) is 14.4.